The first kappa shape index (κ1) is 29.5. The van der Waals surface area contributed by atoms with E-state index in [9.17, 15) is 0 Å². The van der Waals surface area contributed by atoms with E-state index < -0.39 is 12.1 Å². The monoisotopic (exact) mass is 618 g/mol. The van der Waals surface area contributed by atoms with Crippen LogP contribution in [0.3, 0.4) is 0 Å². The van der Waals surface area contributed by atoms with E-state index in [0.29, 0.717) is 62.0 Å². The molecule has 3 heterocycles. The molecule has 0 unspecified atom stereocenters. The number of aromatic nitrogens is 8. The van der Waals surface area contributed by atoms with Crippen LogP contribution in [0.5, 0.6) is 0 Å². The second-order valence-electron chi connectivity index (χ2n) is 11.3. The summed E-state index contributed by atoms with van der Waals surface area (Å²) in [5.41, 5.74) is 3.07. The average molecular weight is 619 g/mol. The molecule has 46 heavy (non-hydrogen) atoms. The molecule has 1 aliphatic rings. The molecular formula is C34H32F2N10. The third-order valence-corrected chi connectivity index (χ3v) is 8.44. The van der Waals surface area contributed by atoms with Gasteiger partial charge in [0, 0.05) is 37.3 Å². The molecule has 12 heteroatoms. The van der Waals surface area contributed by atoms with Crippen LogP contribution in [-0.2, 0) is 13.1 Å². The van der Waals surface area contributed by atoms with E-state index in [-0.39, 0.29) is 11.6 Å². The molecule has 6 aromatic rings. The Bertz CT molecular complexity index is 1730. The van der Waals surface area contributed by atoms with Gasteiger partial charge in [0.15, 0.2) is 11.6 Å². The Morgan fingerprint density at radius 3 is 1.26 bits per heavy atom. The number of hydrogen-bond acceptors (Lipinski definition) is 8. The van der Waals surface area contributed by atoms with Crippen molar-refractivity contribution in [2.75, 3.05) is 26.2 Å². The van der Waals surface area contributed by atoms with E-state index in [1.165, 1.54) is 12.1 Å². The molecule has 0 radical (unpaired) electrons. The molecule has 0 amide bonds. The molecule has 2 atom stereocenters. The highest BCUT2D eigenvalue weighted by atomic mass is 19.1. The quantitative estimate of drug-likeness (QED) is 0.221. The van der Waals surface area contributed by atoms with E-state index in [1.54, 1.807) is 33.6 Å². The predicted octanol–water partition coefficient (Wildman–Crippen LogP) is 4.53. The molecule has 0 aliphatic carbocycles. The topological polar surface area (TPSA) is 93.7 Å². The Hall–Kier alpha value is -5.20. The van der Waals surface area contributed by atoms with Gasteiger partial charge in [0.05, 0.1) is 13.1 Å². The van der Waals surface area contributed by atoms with Crippen molar-refractivity contribution in [3.8, 4) is 0 Å². The largest absolute Gasteiger partial charge is 0.287 e. The maximum absolute atomic E-state index is 15.4. The summed E-state index contributed by atoms with van der Waals surface area (Å²) in [6.07, 6.45) is 0. The summed E-state index contributed by atoms with van der Waals surface area (Å²) in [6, 6.07) is 32.3. The highest BCUT2D eigenvalue weighted by Gasteiger charge is 2.36. The van der Waals surface area contributed by atoms with Gasteiger partial charge >= 0.3 is 0 Å². The van der Waals surface area contributed by atoms with Crippen molar-refractivity contribution >= 4 is 0 Å². The second kappa shape index (κ2) is 13.4. The molecular weight excluding hydrogens is 586 g/mol. The molecule has 0 spiro atoms. The lowest BCUT2D eigenvalue weighted by Crippen LogP contribution is -2.50. The summed E-state index contributed by atoms with van der Waals surface area (Å²) in [5, 5.41) is 25.4. The first-order chi connectivity index (χ1) is 22.7. The molecule has 0 saturated carbocycles. The van der Waals surface area contributed by atoms with Gasteiger partial charge in [0.2, 0.25) is 0 Å². The van der Waals surface area contributed by atoms with Crippen molar-refractivity contribution in [2.24, 2.45) is 0 Å². The molecule has 4 aromatic carbocycles. The van der Waals surface area contributed by atoms with Gasteiger partial charge in [-0.15, -0.1) is 10.2 Å². The zero-order valence-electron chi connectivity index (χ0n) is 25.0. The minimum absolute atomic E-state index is 0.325. The molecule has 2 aromatic heterocycles. The summed E-state index contributed by atoms with van der Waals surface area (Å²) in [6.45, 7) is 3.08. The second-order valence-corrected chi connectivity index (χ2v) is 11.3. The number of rotatable bonds is 10. The maximum atomic E-state index is 15.4. The van der Waals surface area contributed by atoms with Gasteiger partial charge < -0.3 is 0 Å². The van der Waals surface area contributed by atoms with Crippen LogP contribution in [0.25, 0.3) is 0 Å². The Labute approximate surface area is 264 Å². The molecule has 10 nitrogen and oxygen atoms in total. The number of benzene rings is 4. The molecule has 7 rings (SSSR count). The van der Waals surface area contributed by atoms with Crippen LogP contribution in [0.4, 0.5) is 8.78 Å². The Morgan fingerprint density at radius 2 is 0.870 bits per heavy atom. The minimum Gasteiger partial charge on any atom is -0.287 e. The number of nitrogens with zero attached hydrogens (tertiary/aromatic N) is 10. The summed E-state index contributed by atoms with van der Waals surface area (Å²) >= 11 is 0. The summed E-state index contributed by atoms with van der Waals surface area (Å²) < 4.78 is 34.4. The van der Waals surface area contributed by atoms with Crippen LogP contribution in [0, 0.1) is 11.6 Å². The molecule has 1 saturated heterocycles. The van der Waals surface area contributed by atoms with Gasteiger partial charge in [-0.3, -0.25) is 9.80 Å². The zero-order valence-corrected chi connectivity index (χ0v) is 25.0. The van der Waals surface area contributed by atoms with Crippen LogP contribution in [0.15, 0.2) is 109 Å². The van der Waals surface area contributed by atoms with Crippen molar-refractivity contribution < 1.29 is 8.78 Å². The molecule has 0 bridgehead atoms. The summed E-state index contributed by atoms with van der Waals surface area (Å²) in [7, 11) is 0. The van der Waals surface area contributed by atoms with Crippen LogP contribution >= 0.6 is 0 Å². The van der Waals surface area contributed by atoms with E-state index in [0.717, 1.165) is 11.1 Å². The van der Waals surface area contributed by atoms with Crippen LogP contribution in [0.1, 0.15) is 46.0 Å². The normalized spacial score (nSPS) is 15.5. The van der Waals surface area contributed by atoms with Gasteiger partial charge in [-0.05, 0) is 44.1 Å². The SMILES string of the molecule is Fc1ccccc1[C@@H](c1nnnn1Cc1ccccc1)N1CCN([C@@H](c2ccccc2F)c2nnnn2Cc2ccccc2)CC1. The van der Waals surface area contributed by atoms with E-state index >= 15 is 8.78 Å². The number of piperazine rings is 1. The Kier molecular flexibility index (Phi) is 8.61. The van der Waals surface area contributed by atoms with Crippen molar-refractivity contribution in [1.29, 1.82) is 0 Å². The molecule has 0 N–H and O–H groups in total. The van der Waals surface area contributed by atoms with E-state index in [4.69, 9.17) is 0 Å². The fourth-order valence-electron chi connectivity index (χ4n) is 6.20. The average Bonchev–Trinajstić information content (AvgIpc) is 3.74. The lowest BCUT2D eigenvalue weighted by Gasteiger charge is -2.41. The molecule has 1 fully saturated rings. The van der Waals surface area contributed by atoms with Gasteiger partial charge in [-0.25, -0.2) is 18.1 Å². The van der Waals surface area contributed by atoms with E-state index in [2.05, 4.69) is 40.9 Å². The maximum Gasteiger partial charge on any atom is 0.173 e. The van der Waals surface area contributed by atoms with Crippen molar-refractivity contribution in [3.05, 3.63) is 155 Å². The highest BCUT2D eigenvalue weighted by Crippen LogP contribution is 2.34. The first-order valence-electron chi connectivity index (χ1n) is 15.2. The number of halogens is 2. The molecule has 1 aliphatic heterocycles. The third kappa shape index (κ3) is 6.17. The van der Waals surface area contributed by atoms with Crippen LogP contribution in [0.2, 0.25) is 0 Å². The van der Waals surface area contributed by atoms with Crippen LogP contribution < -0.4 is 0 Å². The fraction of sp³-hybridized carbons (Fsp3) is 0.235. The van der Waals surface area contributed by atoms with Crippen molar-refractivity contribution in [2.45, 2.75) is 25.2 Å². The van der Waals surface area contributed by atoms with Gasteiger partial charge in [0.1, 0.15) is 23.7 Å². The Morgan fingerprint density at radius 1 is 0.500 bits per heavy atom. The minimum atomic E-state index is -0.530. The first-order valence-corrected chi connectivity index (χ1v) is 15.2. The summed E-state index contributed by atoms with van der Waals surface area (Å²) in [5.74, 6) is 0.460. The lowest BCUT2D eigenvalue weighted by molar-refractivity contribution is 0.0805. The smallest absolute Gasteiger partial charge is 0.173 e. The zero-order chi connectivity index (χ0) is 31.3. The number of hydrogen-bond donors (Lipinski definition) is 0. The molecule has 232 valence electrons. The van der Waals surface area contributed by atoms with Gasteiger partial charge in [-0.2, -0.15) is 0 Å². The van der Waals surface area contributed by atoms with Crippen molar-refractivity contribution in [1.82, 2.24) is 50.2 Å². The van der Waals surface area contributed by atoms with Gasteiger partial charge in [-0.1, -0.05) is 97.1 Å². The highest BCUT2D eigenvalue weighted by molar-refractivity contribution is 5.29. The van der Waals surface area contributed by atoms with E-state index in [1.807, 2.05) is 72.8 Å². The summed E-state index contributed by atoms with van der Waals surface area (Å²) in [4.78, 5) is 4.38. The third-order valence-electron chi connectivity index (χ3n) is 8.44. The standard InChI is InChI=1S/C34H32F2N10/c35-29-17-9-7-15-27(29)31(33-37-39-41-45(33)23-25-11-3-1-4-12-25)43-19-21-44(22-20-43)32(28-16-8-10-18-30(28)36)34-38-40-42-46(34)24-26-13-5-2-6-14-26/h1-18,31-32H,19-24H2/t31-,32-/m0/s1. The number of tetrazole rings is 2. The lowest BCUT2D eigenvalue weighted by atomic mass is 10.00. The van der Waals surface area contributed by atoms with Gasteiger partial charge in [0.25, 0.3) is 0 Å². The van der Waals surface area contributed by atoms with Crippen LogP contribution in [-0.4, -0.2) is 76.4 Å². The Balaban J connectivity index is 1.20. The predicted molar refractivity (Wildman–Crippen MR) is 166 cm³/mol. The van der Waals surface area contributed by atoms with Crippen molar-refractivity contribution in [3.63, 3.8) is 0 Å². The fourth-order valence-corrected chi connectivity index (χ4v) is 6.20.